The number of quaternary nitrogens is 1. The molecule has 0 radical (unpaired) electrons. The number of rotatable bonds is 6. The molecule has 0 heterocycles. The molecular weight excluding hydrogens is 240 g/mol. The van der Waals surface area contributed by atoms with E-state index in [1.165, 1.54) is 0 Å². The summed E-state index contributed by atoms with van der Waals surface area (Å²) in [6.07, 6.45) is 0. The van der Waals surface area contributed by atoms with Crippen LogP contribution in [0, 0.1) is 0 Å². The lowest BCUT2D eigenvalue weighted by molar-refractivity contribution is -0.239. The van der Waals surface area contributed by atoms with Crippen LogP contribution in [0.2, 0.25) is 0 Å². The lowest BCUT2D eigenvalue weighted by atomic mass is 10.2. The molecule has 1 unspecified atom stereocenters. The molecule has 19 heavy (non-hydrogen) atoms. The van der Waals surface area contributed by atoms with Crippen molar-refractivity contribution in [3.63, 3.8) is 0 Å². The van der Waals surface area contributed by atoms with Crippen LogP contribution < -0.4 is 4.76 Å². The van der Waals surface area contributed by atoms with Crippen molar-refractivity contribution in [1.82, 2.24) is 9.76 Å². The molecule has 1 amide bonds. The molecule has 0 aromatic heterocycles. The van der Waals surface area contributed by atoms with Gasteiger partial charge in [-0.15, -0.1) is 5.01 Å². The molecule has 0 aliphatic heterocycles. The fourth-order valence-corrected chi connectivity index (χ4v) is 2.22. The summed E-state index contributed by atoms with van der Waals surface area (Å²) >= 11 is 0. The first kappa shape index (κ1) is 15.6. The van der Waals surface area contributed by atoms with Gasteiger partial charge < -0.3 is 0 Å². The van der Waals surface area contributed by atoms with Crippen LogP contribution >= 0.6 is 0 Å². The minimum atomic E-state index is -0.275. The Morgan fingerprint density at radius 2 is 1.79 bits per heavy atom. The van der Waals surface area contributed by atoms with Crippen LogP contribution in [0.15, 0.2) is 42.5 Å². The summed E-state index contributed by atoms with van der Waals surface area (Å²) in [6.45, 7) is 10.9. The molecule has 104 valence electrons. The molecule has 4 nitrogen and oxygen atoms in total. The van der Waals surface area contributed by atoms with Gasteiger partial charge in [0.15, 0.2) is 5.69 Å². The Kier molecular flexibility index (Phi) is 5.42. The molecule has 0 saturated heterocycles. The second-order valence-corrected chi connectivity index (χ2v) is 4.32. The summed E-state index contributed by atoms with van der Waals surface area (Å²) in [6, 6.07) is 9.50. The maximum absolute atomic E-state index is 12.7. The standard InChI is InChI=1S/C15H23N2O2/c1-6-16(7-2)17(19-5,15(18)13(3)4)14-11-9-8-10-12-14/h8-12H,3,6-7H2,1-2,4-5H3/q+1. The molecule has 1 aromatic carbocycles. The molecule has 4 heteroatoms. The highest BCUT2D eigenvalue weighted by Crippen LogP contribution is 2.28. The minimum Gasteiger partial charge on any atom is -0.220 e. The zero-order chi connectivity index (χ0) is 14.5. The predicted molar refractivity (Wildman–Crippen MR) is 78.0 cm³/mol. The quantitative estimate of drug-likeness (QED) is 0.449. The molecule has 0 aliphatic rings. The number of hydroxylamine groups is 1. The Balaban J connectivity index is 3.46. The molecule has 0 bridgehead atoms. The first-order chi connectivity index (χ1) is 9.04. The van der Waals surface area contributed by atoms with Gasteiger partial charge in [0, 0.05) is 25.2 Å². The van der Waals surface area contributed by atoms with E-state index in [1.54, 1.807) is 14.0 Å². The Bertz CT molecular complexity index is 441. The second kappa shape index (κ2) is 6.61. The lowest BCUT2D eigenvalue weighted by Crippen LogP contribution is -2.64. The van der Waals surface area contributed by atoms with E-state index >= 15 is 0 Å². The number of hydrogen-bond donors (Lipinski definition) is 0. The largest absolute Gasteiger partial charge is 0.398 e. The van der Waals surface area contributed by atoms with E-state index in [1.807, 2.05) is 49.2 Å². The molecule has 0 saturated carbocycles. The highest BCUT2D eigenvalue weighted by atomic mass is 16.8. The van der Waals surface area contributed by atoms with Crippen molar-refractivity contribution < 1.29 is 9.63 Å². The summed E-state index contributed by atoms with van der Waals surface area (Å²) in [5.41, 5.74) is 1.25. The van der Waals surface area contributed by atoms with Gasteiger partial charge in [-0.05, 0) is 25.5 Å². The summed E-state index contributed by atoms with van der Waals surface area (Å²) in [7, 11) is 1.55. The third-order valence-electron chi connectivity index (χ3n) is 3.14. The van der Waals surface area contributed by atoms with E-state index < -0.39 is 0 Å². The van der Waals surface area contributed by atoms with E-state index in [2.05, 4.69) is 6.58 Å². The number of amides is 1. The van der Waals surface area contributed by atoms with Crippen molar-refractivity contribution in [2.75, 3.05) is 20.2 Å². The number of hydrogen-bond acceptors (Lipinski definition) is 3. The SMILES string of the molecule is C=C(C)C(=O)[N+](OC)(c1ccccc1)N(CC)CC. The van der Waals surface area contributed by atoms with Crippen LogP contribution in [0.5, 0.6) is 0 Å². The molecule has 1 atom stereocenters. The third-order valence-corrected chi connectivity index (χ3v) is 3.14. The van der Waals surface area contributed by atoms with Gasteiger partial charge in [-0.2, -0.15) is 4.84 Å². The lowest BCUT2D eigenvalue weighted by Gasteiger charge is -2.38. The zero-order valence-electron chi connectivity index (χ0n) is 12.2. The van der Waals surface area contributed by atoms with Crippen LogP contribution in [0.1, 0.15) is 20.8 Å². The van der Waals surface area contributed by atoms with E-state index in [0.29, 0.717) is 18.7 Å². The topological polar surface area (TPSA) is 29.5 Å². The Morgan fingerprint density at radius 3 is 2.16 bits per heavy atom. The number of carbonyl (C=O) groups excluding carboxylic acids is 1. The van der Waals surface area contributed by atoms with E-state index in [9.17, 15) is 4.79 Å². The van der Waals surface area contributed by atoms with Crippen molar-refractivity contribution in [3.05, 3.63) is 42.5 Å². The van der Waals surface area contributed by atoms with E-state index in [4.69, 9.17) is 4.84 Å². The van der Waals surface area contributed by atoms with Gasteiger partial charge in [0.2, 0.25) is 0 Å². The van der Waals surface area contributed by atoms with E-state index in [-0.39, 0.29) is 10.7 Å². The molecular formula is C15H23N2O2+. The van der Waals surface area contributed by atoms with Gasteiger partial charge >= 0.3 is 5.91 Å². The van der Waals surface area contributed by atoms with Gasteiger partial charge in [-0.3, -0.25) is 0 Å². The van der Waals surface area contributed by atoms with Gasteiger partial charge in [-0.1, -0.05) is 24.8 Å². The van der Waals surface area contributed by atoms with Crippen molar-refractivity contribution in [1.29, 1.82) is 0 Å². The maximum Gasteiger partial charge on any atom is 0.398 e. The monoisotopic (exact) mass is 263 g/mol. The van der Waals surface area contributed by atoms with E-state index in [0.717, 1.165) is 5.69 Å². The number of para-hydroxylation sites is 1. The summed E-state index contributed by atoms with van der Waals surface area (Å²) in [5, 5.41) is 1.95. The van der Waals surface area contributed by atoms with Crippen LogP contribution in [0.4, 0.5) is 5.69 Å². The van der Waals surface area contributed by atoms with Crippen LogP contribution in [0.3, 0.4) is 0 Å². The number of benzene rings is 1. The van der Waals surface area contributed by atoms with Crippen LogP contribution in [-0.4, -0.2) is 31.1 Å². The first-order valence-corrected chi connectivity index (χ1v) is 6.50. The Hall–Kier alpha value is -1.49. The van der Waals surface area contributed by atoms with Crippen LogP contribution in [0.25, 0.3) is 0 Å². The fourth-order valence-electron chi connectivity index (χ4n) is 2.22. The Morgan fingerprint density at radius 1 is 1.26 bits per heavy atom. The fraction of sp³-hybridized carbons (Fsp3) is 0.400. The number of carbonyl (C=O) groups is 1. The molecule has 1 aromatic rings. The van der Waals surface area contributed by atoms with Gasteiger partial charge in [-0.25, -0.2) is 4.79 Å². The normalized spacial score (nSPS) is 14.2. The summed E-state index contributed by atoms with van der Waals surface area (Å²) in [4.78, 5) is 18.3. The molecule has 0 N–H and O–H groups in total. The number of nitrogens with zero attached hydrogens (tertiary/aromatic N) is 2. The van der Waals surface area contributed by atoms with Crippen LogP contribution in [-0.2, 0) is 9.63 Å². The smallest absolute Gasteiger partial charge is 0.220 e. The minimum absolute atomic E-state index is 0.155. The molecule has 0 spiro atoms. The van der Waals surface area contributed by atoms with Gasteiger partial charge in [0.05, 0.1) is 12.7 Å². The average molecular weight is 263 g/mol. The van der Waals surface area contributed by atoms with Gasteiger partial charge in [0.1, 0.15) is 0 Å². The zero-order valence-corrected chi connectivity index (χ0v) is 12.2. The second-order valence-electron chi connectivity index (χ2n) is 4.32. The first-order valence-electron chi connectivity index (χ1n) is 6.50. The Labute approximate surface area is 115 Å². The summed E-state index contributed by atoms with van der Waals surface area (Å²) < 4.78 is -0.275. The maximum atomic E-state index is 12.7. The molecule has 0 aliphatic carbocycles. The predicted octanol–water partition coefficient (Wildman–Crippen LogP) is 2.91. The van der Waals surface area contributed by atoms with Crippen molar-refractivity contribution in [3.8, 4) is 0 Å². The molecule has 1 rings (SSSR count). The summed E-state index contributed by atoms with van der Waals surface area (Å²) in [5.74, 6) is -0.155. The van der Waals surface area contributed by atoms with Crippen molar-refractivity contribution >= 4 is 11.6 Å². The van der Waals surface area contributed by atoms with Crippen molar-refractivity contribution in [2.24, 2.45) is 0 Å². The highest BCUT2D eigenvalue weighted by Gasteiger charge is 2.47. The molecule has 0 fully saturated rings. The van der Waals surface area contributed by atoms with Gasteiger partial charge in [0.25, 0.3) is 0 Å². The van der Waals surface area contributed by atoms with Crippen molar-refractivity contribution in [2.45, 2.75) is 20.8 Å². The third kappa shape index (κ3) is 2.76. The highest BCUT2D eigenvalue weighted by molar-refractivity contribution is 5.99. The average Bonchev–Trinajstić information content (AvgIpc) is 2.45.